The van der Waals surface area contributed by atoms with Crippen LogP contribution in [-0.4, -0.2) is 37.2 Å². The quantitative estimate of drug-likeness (QED) is 0.0343. The fraction of sp³-hybridized carbons (Fsp3) is 0.957. The van der Waals surface area contributed by atoms with Gasteiger partial charge in [-0.05, 0) is 37.0 Å². The maximum absolute atomic E-state index is 12.9. The highest BCUT2D eigenvalue weighted by atomic mass is 16.6. The molecule has 0 saturated heterocycles. The van der Waals surface area contributed by atoms with Crippen LogP contribution in [-0.2, 0) is 28.6 Å². The van der Waals surface area contributed by atoms with Crippen LogP contribution in [0.4, 0.5) is 0 Å². The lowest BCUT2D eigenvalue weighted by Gasteiger charge is -2.18. The van der Waals surface area contributed by atoms with E-state index < -0.39 is 6.10 Å². The first kappa shape index (κ1) is 73.4. The number of carbonyl (C=O) groups is 3. The van der Waals surface area contributed by atoms with E-state index in [0.29, 0.717) is 19.3 Å². The second kappa shape index (κ2) is 60.1. The average Bonchev–Trinajstić information content (AvgIpc) is 3.39. The lowest BCUT2D eigenvalue weighted by Crippen LogP contribution is -2.30. The average molecular weight is 1060 g/mol. The highest BCUT2D eigenvalue weighted by Crippen LogP contribution is 2.20. The van der Waals surface area contributed by atoms with Crippen molar-refractivity contribution in [1.82, 2.24) is 0 Å². The first-order chi connectivity index (χ1) is 36.6. The Morgan fingerprint density at radius 3 is 0.693 bits per heavy atom. The molecule has 1 unspecified atom stereocenters. The van der Waals surface area contributed by atoms with E-state index in [1.54, 1.807) is 0 Å². The van der Waals surface area contributed by atoms with E-state index in [9.17, 15) is 14.4 Å². The Kier molecular flexibility index (Phi) is 58.8. The molecule has 0 N–H and O–H groups in total. The maximum Gasteiger partial charge on any atom is 0.306 e. The van der Waals surface area contributed by atoms with Crippen molar-refractivity contribution in [3.05, 3.63) is 0 Å². The van der Waals surface area contributed by atoms with Gasteiger partial charge in [-0.25, -0.2) is 0 Å². The van der Waals surface area contributed by atoms with E-state index >= 15 is 0 Å². The van der Waals surface area contributed by atoms with Crippen molar-refractivity contribution in [2.45, 2.75) is 394 Å². The van der Waals surface area contributed by atoms with Crippen molar-refractivity contribution >= 4 is 17.9 Å². The minimum Gasteiger partial charge on any atom is -0.462 e. The van der Waals surface area contributed by atoms with Crippen LogP contribution >= 0.6 is 0 Å². The largest absolute Gasteiger partial charge is 0.462 e. The summed E-state index contributed by atoms with van der Waals surface area (Å²) in [6.07, 6.45) is 66.8. The number of hydrogen-bond donors (Lipinski definition) is 0. The van der Waals surface area contributed by atoms with Crippen LogP contribution < -0.4 is 0 Å². The van der Waals surface area contributed by atoms with E-state index in [1.165, 1.54) is 270 Å². The van der Waals surface area contributed by atoms with Crippen molar-refractivity contribution < 1.29 is 28.6 Å². The summed E-state index contributed by atoms with van der Waals surface area (Å²) in [6, 6.07) is 0. The summed E-state index contributed by atoms with van der Waals surface area (Å²) >= 11 is 0. The van der Waals surface area contributed by atoms with E-state index in [-0.39, 0.29) is 31.1 Å². The van der Waals surface area contributed by atoms with E-state index in [2.05, 4.69) is 41.5 Å². The summed E-state index contributed by atoms with van der Waals surface area (Å²) in [5.74, 6) is 1.77. The van der Waals surface area contributed by atoms with Crippen molar-refractivity contribution in [2.24, 2.45) is 17.8 Å². The molecule has 2 atom stereocenters. The molecule has 6 heteroatoms. The van der Waals surface area contributed by atoms with Gasteiger partial charge in [0.25, 0.3) is 0 Å². The molecule has 0 spiro atoms. The minimum absolute atomic E-state index is 0.0621. The number of ether oxygens (including phenoxy) is 3. The van der Waals surface area contributed by atoms with Gasteiger partial charge < -0.3 is 14.2 Å². The summed E-state index contributed by atoms with van der Waals surface area (Å²) in [4.78, 5) is 38.4. The lowest BCUT2D eigenvalue weighted by molar-refractivity contribution is -0.167. The Labute approximate surface area is 469 Å². The zero-order chi connectivity index (χ0) is 54.8. The number of unbranched alkanes of at least 4 members (excludes halogenated alkanes) is 44. The molecular formula is C69H134O6. The molecule has 0 aromatic rings. The molecular weight excluding hydrogens is 925 g/mol. The van der Waals surface area contributed by atoms with Crippen LogP contribution in [0, 0.1) is 17.8 Å². The number of esters is 3. The predicted octanol–water partition coefficient (Wildman–Crippen LogP) is 23.0. The molecule has 0 radical (unpaired) electrons. The SMILES string of the molecule is CCC(C)CCCCCCCCCCCCCCCCCCCCC(=O)O[C@H](COC(=O)CCCCCCCCCCCCCCCCCC(C)C)COC(=O)CCCCCCCCCCCCCCCCC(C)C. The molecule has 0 aliphatic carbocycles. The van der Waals surface area contributed by atoms with Crippen LogP contribution in [0.2, 0.25) is 0 Å². The lowest BCUT2D eigenvalue weighted by atomic mass is 9.99. The third kappa shape index (κ3) is 61.5. The summed E-state index contributed by atoms with van der Waals surface area (Å²) in [7, 11) is 0. The van der Waals surface area contributed by atoms with Crippen LogP contribution in [0.3, 0.4) is 0 Å². The predicted molar refractivity (Wildman–Crippen MR) is 326 cm³/mol. The number of rotatable bonds is 62. The summed E-state index contributed by atoms with van der Waals surface area (Å²) in [5, 5.41) is 0. The minimum atomic E-state index is -0.765. The first-order valence-corrected chi connectivity index (χ1v) is 34.1. The van der Waals surface area contributed by atoms with Gasteiger partial charge in [-0.15, -0.1) is 0 Å². The number of carbonyl (C=O) groups excluding carboxylic acids is 3. The Balaban J connectivity index is 4.28. The Bertz CT molecular complexity index is 1170. The van der Waals surface area contributed by atoms with Crippen molar-refractivity contribution in [2.75, 3.05) is 13.2 Å². The molecule has 0 aliphatic heterocycles. The fourth-order valence-corrected chi connectivity index (χ4v) is 10.7. The van der Waals surface area contributed by atoms with Gasteiger partial charge in [-0.1, -0.05) is 350 Å². The standard InChI is InChI=1S/C69H134O6/c1-7-65(6)57-51-45-39-33-27-21-14-10-8-9-11-15-24-30-36-42-48-54-60-69(72)75-66(62-74-68(71)59-53-47-41-35-29-23-18-17-20-26-32-38-44-50-56-64(4)5)61-73-67(70)58-52-46-40-34-28-22-16-12-13-19-25-31-37-43-49-55-63(2)3/h63-66H,7-62H2,1-6H3/t65?,66-/m1/s1. The van der Waals surface area contributed by atoms with Gasteiger partial charge in [0.15, 0.2) is 6.10 Å². The highest BCUT2D eigenvalue weighted by molar-refractivity contribution is 5.71. The van der Waals surface area contributed by atoms with E-state index in [0.717, 1.165) is 75.5 Å². The van der Waals surface area contributed by atoms with Gasteiger partial charge in [0.2, 0.25) is 0 Å². The molecule has 0 heterocycles. The molecule has 0 rings (SSSR count). The molecule has 0 aromatic heterocycles. The molecule has 0 aliphatic rings. The van der Waals surface area contributed by atoms with E-state index in [4.69, 9.17) is 14.2 Å². The molecule has 0 aromatic carbocycles. The van der Waals surface area contributed by atoms with Gasteiger partial charge >= 0.3 is 17.9 Å². The van der Waals surface area contributed by atoms with Crippen molar-refractivity contribution in [3.63, 3.8) is 0 Å². The fourth-order valence-electron chi connectivity index (χ4n) is 10.7. The normalized spacial score (nSPS) is 12.5. The third-order valence-corrected chi connectivity index (χ3v) is 16.3. The highest BCUT2D eigenvalue weighted by Gasteiger charge is 2.20. The van der Waals surface area contributed by atoms with E-state index in [1.807, 2.05) is 0 Å². The molecule has 446 valence electrons. The van der Waals surface area contributed by atoms with Gasteiger partial charge in [-0.3, -0.25) is 14.4 Å². The maximum atomic E-state index is 12.9. The van der Waals surface area contributed by atoms with Crippen LogP contribution in [0.15, 0.2) is 0 Å². The van der Waals surface area contributed by atoms with Gasteiger partial charge in [0.1, 0.15) is 13.2 Å². The van der Waals surface area contributed by atoms with Crippen LogP contribution in [0.5, 0.6) is 0 Å². The summed E-state index contributed by atoms with van der Waals surface area (Å²) < 4.78 is 17.0. The molecule has 0 bridgehead atoms. The Morgan fingerprint density at radius 1 is 0.267 bits per heavy atom. The van der Waals surface area contributed by atoms with Gasteiger partial charge in [0, 0.05) is 19.3 Å². The van der Waals surface area contributed by atoms with Gasteiger partial charge in [-0.2, -0.15) is 0 Å². The molecule has 0 saturated carbocycles. The topological polar surface area (TPSA) is 78.9 Å². The third-order valence-electron chi connectivity index (χ3n) is 16.3. The number of hydrogen-bond acceptors (Lipinski definition) is 6. The monoisotopic (exact) mass is 1060 g/mol. The second-order valence-corrected chi connectivity index (χ2v) is 25.0. The Morgan fingerprint density at radius 2 is 0.467 bits per heavy atom. The van der Waals surface area contributed by atoms with Crippen molar-refractivity contribution in [3.8, 4) is 0 Å². The summed E-state index contributed by atoms with van der Waals surface area (Å²) in [6.45, 7) is 13.9. The molecule has 75 heavy (non-hydrogen) atoms. The molecule has 6 nitrogen and oxygen atoms in total. The second-order valence-electron chi connectivity index (χ2n) is 25.0. The van der Waals surface area contributed by atoms with Crippen molar-refractivity contribution in [1.29, 1.82) is 0 Å². The molecule has 0 fully saturated rings. The summed E-state index contributed by atoms with van der Waals surface area (Å²) in [5.41, 5.74) is 0. The zero-order valence-corrected chi connectivity index (χ0v) is 51.9. The van der Waals surface area contributed by atoms with Crippen LogP contribution in [0.25, 0.3) is 0 Å². The Hall–Kier alpha value is -1.59. The van der Waals surface area contributed by atoms with Gasteiger partial charge in [0.05, 0.1) is 0 Å². The molecule has 0 amide bonds. The van der Waals surface area contributed by atoms with Crippen LogP contribution in [0.1, 0.15) is 388 Å². The first-order valence-electron chi connectivity index (χ1n) is 34.1. The smallest absolute Gasteiger partial charge is 0.306 e. The zero-order valence-electron chi connectivity index (χ0n) is 51.9.